The number of carbonyl (C=O) groups excluding carboxylic acids is 1. The topological polar surface area (TPSA) is 70.0 Å². The molecule has 0 heterocycles. The van der Waals surface area contributed by atoms with E-state index in [4.69, 9.17) is 14.9 Å². The number of esters is 1. The van der Waals surface area contributed by atoms with Crippen LogP contribution in [0.3, 0.4) is 0 Å². The number of ether oxygens (including phenoxy) is 1. The third kappa shape index (κ3) is 5.35. The highest BCUT2D eigenvalue weighted by Crippen LogP contribution is 1.92. The normalized spacial score (nSPS) is 10.2. The van der Waals surface area contributed by atoms with Gasteiger partial charge in [-0.3, -0.25) is 4.90 Å². The van der Waals surface area contributed by atoms with E-state index in [9.17, 15) is 4.79 Å². The van der Waals surface area contributed by atoms with Crippen LogP contribution in [-0.4, -0.2) is 47.7 Å². The van der Waals surface area contributed by atoms with Crippen molar-refractivity contribution in [1.29, 1.82) is 0 Å². The number of hydrogen-bond acceptors (Lipinski definition) is 5. The van der Waals surface area contributed by atoms with Gasteiger partial charge in [0.25, 0.3) is 0 Å². The molecular formula is C8H15NO4. The van der Waals surface area contributed by atoms with E-state index in [1.54, 1.807) is 6.92 Å². The number of carbonyl (C=O) groups is 1. The molecule has 0 atom stereocenters. The molecule has 0 amide bonds. The van der Waals surface area contributed by atoms with Gasteiger partial charge in [-0.2, -0.15) is 0 Å². The minimum absolute atomic E-state index is 0.132. The molecule has 0 aliphatic heterocycles. The maximum absolute atomic E-state index is 10.8. The zero-order chi connectivity index (χ0) is 10.3. The summed E-state index contributed by atoms with van der Waals surface area (Å²) in [5.74, 6) is -0.462. The summed E-state index contributed by atoms with van der Waals surface area (Å²) < 4.78 is 4.74. The van der Waals surface area contributed by atoms with Gasteiger partial charge in [-0.15, -0.1) is 0 Å². The highest BCUT2D eigenvalue weighted by molar-refractivity contribution is 5.86. The van der Waals surface area contributed by atoms with Crippen LogP contribution < -0.4 is 0 Å². The van der Waals surface area contributed by atoms with Gasteiger partial charge in [0.15, 0.2) is 0 Å². The summed E-state index contributed by atoms with van der Waals surface area (Å²) in [6, 6.07) is 0. The fourth-order valence-corrected chi connectivity index (χ4v) is 0.577. The molecule has 0 aromatic heterocycles. The molecule has 0 aromatic rings. The molecule has 5 heteroatoms. The fraction of sp³-hybridized carbons (Fsp3) is 0.625. The van der Waals surface area contributed by atoms with Crippen LogP contribution in [0.15, 0.2) is 12.2 Å². The van der Waals surface area contributed by atoms with Crippen LogP contribution in [0.4, 0.5) is 0 Å². The van der Waals surface area contributed by atoms with Crippen molar-refractivity contribution >= 4 is 5.97 Å². The predicted molar refractivity (Wildman–Crippen MR) is 46.7 cm³/mol. The van der Waals surface area contributed by atoms with Gasteiger partial charge in [-0.1, -0.05) is 6.58 Å². The molecule has 0 saturated carbocycles. The SMILES string of the molecule is C=C(C)C(=O)OCCN(CO)CO. The van der Waals surface area contributed by atoms with E-state index >= 15 is 0 Å². The van der Waals surface area contributed by atoms with Crippen LogP contribution in [-0.2, 0) is 9.53 Å². The Balaban J connectivity index is 3.54. The summed E-state index contributed by atoms with van der Waals surface area (Å²) in [4.78, 5) is 12.1. The first-order chi connectivity index (χ1) is 6.11. The van der Waals surface area contributed by atoms with Crippen molar-refractivity contribution in [3.05, 3.63) is 12.2 Å². The van der Waals surface area contributed by atoms with Crippen molar-refractivity contribution in [2.45, 2.75) is 6.92 Å². The first-order valence-corrected chi connectivity index (χ1v) is 3.88. The monoisotopic (exact) mass is 189 g/mol. The third-order valence-corrected chi connectivity index (χ3v) is 1.39. The summed E-state index contributed by atoms with van der Waals surface area (Å²) in [6.07, 6.45) is 0. The fourth-order valence-electron chi connectivity index (χ4n) is 0.577. The highest BCUT2D eigenvalue weighted by Gasteiger charge is 2.05. The Morgan fingerprint density at radius 3 is 2.38 bits per heavy atom. The zero-order valence-corrected chi connectivity index (χ0v) is 7.69. The Kier molecular flexibility index (Phi) is 6.13. The molecular weight excluding hydrogens is 174 g/mol. The van der Waals surface area contributed by atoms with Gasteiger partial charge in [0.05, 0.1) is 13.5 Å². The van der Waals surface area contributed by atoms with Gasteiger partial charge in [0, 0.05) is 12.1 Å². The molecule has 0 rings (SSSR count). The van der Waals surface area contributed by atoms with E-state index in [0.717, 1.165) is 0 Å². The van der Waals surface area contributed by atoms with Gasteiger partial charge in [0.2, 0.25) is 0 Å². The standard InChI is InChI=1S/C8H15NO4/c1-7(2)8(12)13-4-3-9(5-10)6-11/h10-11H,1,3-6H2,2H3. The summed E-state index contributed by atoms with van der Waals surface area (Å²) in [5, 5.41) is 17.2. The van der Waals surface area contributed by atoms with Crippen LogP contribution in [0.5, 0.6) is 0 Å². The Labute approximate surface area is 77.2 Å². The van der Waals surface area contributed by atoms with Crippen molar-refractivity contribution in [2.24, 2.45) is 0 Å². The van der Waals surface area contributed by atoms with Crippen LogP contribution in [0.2, 0.25) is 0 Å². The van der Waals surface area contributed by atoms with Crippen molar-refractivity contribution < 1.29 is 19.7 Å². The number of nitrogens with zero attached hydrogens (tertiary/aromatic N) is 1. The van der Waals surface area contributed by atoms with Gasteiger partial charge in [-0.25, -0.2) is 4.79 Å². The molecule has 5 nitrogen and oxygen atoms in total. The second kappa shape index (κ2) is 6.59. The molecule has 13 heavy (non-hydrogen) atoms. The lowest BCUT2D eigenvalue weighted by Gasteiger charge is -2.15. The van der Waals surface area contributed by atoms with Crippen molar-refractivity contribution in [2.75, 3.05) is 26.6 Å². The van der Waals surface area contributed by atoms with Gasteiger partial charge in [-0.05, 0) is 6.92 Å². The molecule has 0 aliphatic carbocycles. The molecule has 2 N–H and O–H groups in total. The minimum atomic E-state index is -0.462. The first-order valence-electron chi connectivity index (χ1n) is 3.88. The summed E-state index contributed by atoms with van der Waals surface area (Å²) >= 11 is 0. The molecule has 76 valence electrons. The van der Waals surface area contributed by atoms with Crippen molar-refractivity contribution in [3.8, 4) is 0 Å². The Hall–Kier alpha value is -0.910. The minimum Gasteiger partial charge on any atom is -0.461 e. The Morgan fingerprint density at radius 1 is 1.46 bits per heavy atom. The predicted octanol–water partition coefficient (Wildman–Crippen LogP) is -0.693. The third-order valence-electron chi connectivity index (χ3n) is 1.39. The van der Waals surface area contributed by atoms with Crippen molar-refractivity contribution in [3.63, 3.8) is 0 Å². The summed E-state index contributed by atoms with van der Waals surface area (Å²) in [7, 11) is 0. The average molecular weight is 189 g/mol. The quantitative estimate of drug-likeness (QED) is 0.329. The molecule has 0 unspecified atom stereocenters. The average Bonchev–Trinajstić information content (AvgIpc) is 2.12. The number of aliphatic hydroxyl groups is 2. The van der Waals surface area contributed by atoms with Gasteiger partial charge < -0.3 is 14.9 Å². The van der Waals surface area contributed by atoms with E-state index < -0.39 is 5.97 Å². The van der Waals surface area contributed by atoms with Crippen LogP contribution in [0, 0.1) is 0 Å². The van der Waals surface area contributed by atoms with E-state index in [2.05, 4.69) is 6.58 Å². The molecule has 0 spiro atoms. The Bertz CT molecular complexity index is 177. The van der Waals surface area contributed by atoms with E-state index in [1.807, 2.05) is 0 Å². The van der Waals surface area contributed by atoms with Gasteiger partial charge >= 0.3 is 5.97 Å². The second-order valence-corrected chi connectivity index (χ2v) is 2.59. The molecule has 0 bridgehead atoms. The van der Waals surface area contributed by atoms with Crippen LogP contribution in [0.1, 0.15) is 6.92 Å². The summed E-state index contributed by atoms with van der Waals surface area (Å²) in [6.45, 7) is 4.86. The maximum atomic E-state index is 10.8. The lowest BCUT2D eigenvalue weighted by molar-refractivity contribution is -0.140. The highest BCUT2D eigenvalue weighted by atomic mass is 16.5. The molecule has 0 radical (unpaired) electrons. The van der Waals surface area contributed by atoms with E-state index in [0.29, 0.717) is 12.1 Å². The lowest BCUT2D eigenvalue weighted by atomic mass is 10.4. The smallest absolute Gasteiger partial charge is 0.333 e. The van der Waals surface area contributed by atoms with Crippen LogP contribution in [0.25, 0.3) is 0 Å². The second-order valence-electron chi connectivity index (χ2n) is 2.59. The molecule has 0 saturated heterocycles. The zero-order valence-electron chi connectivity index (χ0n) is 7.69. The summed E-state index contributed by atoms with van der Waals surface area (Å²) in [5.41, 5.74) is 0.333. The first kappa shape index (κ1) is 12.1. The van der Waals surface area contributed by atoms with E-state index in [1.165, 1.54) is 4.90 Å². The lowest BCUT2D eigenvalue weighted by Crippen LogP contribution is -2.30. The molecule has 0 fully saturated rings. The molecule has 0 aliphatic rings. The largest absolute Gasteiger partial charge is 0.461 e. The molecule has 0 aromatic carbocycles. The van der Waals surface area contributed by atoms with Crippen LogP contribution >= 0.6 is 0 Å². The van der Waals surface area contributed by atoms with Crippen molar-refractivity contribution in [1.82, 2.24) is 4.90 Å². The van der Waals surface area contributed by atoms with Gasteiger partial charge in [0.1, 0.15) is 6.61 Å². The maximum Gasteiger partial charge on any atom is 0.333 e. The number of rotatable bonds is 6. The number of aliphatic hydroxyl groups excluding tert-OH is 2. The van der Waals surface area contributed by atoms with E-state index in [-0.39, 0.29) is 20.1 Å². The Morgan fingerprint density at radius 2 is 2.00 bits per heavy atom. The number of hydrogen-bond donors (Lipinski definition) is 2.